The van der Waals surface area contributed by atoms with Crippen LogP contribution in [-0.4, -0.2) is 37.3 Å². The normalized spacial score (nSPS) is 25.4. The Hall–Kier alpha value is -4.26. The molecule has 3 fully saturated rings. The monoisotopic (exact) mass is 509 g/mol. The van der Waals surface area contributed by atoms with Crippen LogP contribution >= 0.6 is 0 Å². The van der Waals surface area contributed by atoms with Crippen molar-refractivity contribution in [3.63, 3.8) is 0 Å². The third kappa shape index (κ3) is 3.99. The predicted molar refractivity (Wildman–Crippen MR) is 139 cm³/mol. The number of carbonyl (C=O) groups is 4. The summed E-state index contributed by atoms with van der Waals surface area (Å²) in [6.45, 7) is -0.425. The van der Waals surface area contributed by atoms with Crippen LogP contribution in [0.5, 0.6) is 5.75 Å². The number of methoxy groups -OCH3 is 1. The van der Waals surface area contributed by atoms with Crippen molar-refractivity contribution in [3.05, 3.63) is 95.6 Å². The van der Waals surface area contributed by atoms with Crippen molar-refractivity contribution in [1.82, 2.24) is 0 Å². The van der Waals surface area contributed by atoms with Gasteiger partial charge in [0.25, 0.3) is 0 Å². The largest absolute Gasteiger partial charge is 0.497 e. The van der Waals surface area contributed by atoms with Gasteiger partial charge in [-0.25, -0.2) is 4.79 Å². The zero-order chi connectivity index (χ0) is 26.4. The number of benzene rings is 3. The third-order valence-corrected chi connectivity index (χ3v) is 8.33. The quantitative estimate of drug-likeness (QED) is 0.261. The van der Waals surface area contributed by atoms with E-state index in [-0.39, 0.29) is 52.8 Å². The number of imide groups is 1. The molecule has 192 valence electrons. The maximum absolute atomic E-state index is 13.6. The zero-order valence-corrected chi connectivity index (χ0v) is 20.9. The molecule has 0 N–H and O–H groups in total. The standard InChI is InChI=1S/C31H27NO6/c1-37-23-12-10-19(11-13-23)26(33)17-38-31(36)20-8-5-9-22(14-20)32-29(34)27-21-15-24(18-6-3-2-4-7-18)25(16-21)28(27)30(32)35/h2-14,21,24-25,27-28H,15-17H2,1H3/t21-,24-,25-,27-,28+/m1/s1. The summed E-state index contributed by atoms with van der Waals surface area (Å²) >= 11 is 0. The van der Waals surface area contributed by atoms with Crippen LogP contribution in [0, 0.1) is 23.7 Å². The van der Waals surface area contributed by atoms with E-state index in [1.165, 1.54) is 23.6 Å². The van der Waals surface area contributed by atoms with E-state index in [0.717, 1.165) is 12.8 Å². The predicted octanol–water partition coefficient (Wildman–Crippen LogP) is 4.66. The molecule has 0 unspecified atom stereocenters. The molecule has 1 aliphatic heterocycles. The summed E-state index contributed by atoms with van der Waals surface area (Å²) in [7, 11) is 1.54. The summed E-state index contributed by atoms with van der Waals surface area (Å²) < 4.78 is 10.3. The lowest BCUT2D eigenvalue weighted by atomic mass is 9.73. The molecular weight excluding hydrogens is 482 g/mol. The minimum Gasteiger partial charge on any atom is -0.497 e. The van der Waals surface area contributed by atoms with Gasteiger partial charge in [-0.3, -0.25) is 19.3 Å². The number of esters is 1. The number of fused-ring (bicyclic) bond motifs is 5. The number of ether oxygens (including phenoxy) is 2. The van der Waals surface area contributed by atoms with E-state index in [0.29, 0.717) is 17.0 Å². The second kappa shape index (κ2) is 9.56. The number of hydrogen-bond acceptors (Lipinski definition) is 6. The van der Waals surface area contributed by atoms with Gasteiger partial charge >= 0.3 is 5.97 Å². The Morgan fingerprint density at radius 1 is 0.842 bits per heavy atom. The van der Waals surface area contributed by atoms with Gasteiger partial charge in [0.15, 0.2) is 12.4 Å². The van der Waals surface area contributed by atoms with Crippen molar-refractivity contribution in [3.8, 4) is 5.75 Å². The minimum absolute atomic E-state index is 0.144. The van der Waals surface area contributed by atoms with Crippen LogP contribution in [0.15, 0.2) is 78.9 Å². The smallest absolute Gasteiger partial charge is 0.338 e. The van der Waals surface area contributed by atoms with E-state index in [4.69, 9.17) is 9.47 Å². The molecule has 1 heterocycles. The molecule has 38 heavy (non-hydrogen) atoms. The molecule has 7 heteroatoms. The molecule has 5 atom stereocenters. The first kappa shape index (κ1) is 24.1. The molecule has 3 aromatic carbocycles. The maximum Gasteiger partial charge on any atom is 0.338 e. The Morgan fingerprint density at radius 2 is 1.58 bits per heavy atom. The number of Topliss-reactive ketones (excluding diaryl/α,β-unsaturated/α-hetero) is 1. The Bertz CT molecular complexity index is 1420. The van der Waals surface area contributed by atoms with E-state index in [1.54, 1.807) is 42.5 Å². The number of carbonyl (C=O) groups excluding carboxylic acids is 4. The van der Waals surface area contributed by atoms with Gasteiger partial charge in [-0.1, -0.05) is 36.4 Å². The molecule has 1 saturated heterocycles. The van der Waals surface area contributed by atoms with Gasteiger partial charge in [-0.05, 0) is 78.6 Å². The van der Waals surface area contributed by atoms with Gasteiger partial charge in [0, 0.05) is 5.56 Å². The van der Waals surface area contributed by atoms with Crippen molar-refractivity contribution in [2.24, 2.45) is 23.7 Å². The van der Waals surface area contributed by atoms with Crippen molar-refractivity contribution >= 4 is 29.3 Å². The Balaban J connectivity index is 1.16. The number of nitrogens with zero attached hydrogens (tertiary/aromatic N) is 1. The van der Waals surface area contributed by atoms with Gasteiger partial charge in [-0.2, -0.15) is 0 Å². The summed E-state index contributed by atoms with van der Waals surface area (Å²) in [5.41, 5.74) is 2.16. The second-order valence-electron chi connectivity index (χ2n) is 10.3. The maximum atomic E-state index is 13.6. The first-order chi connectivity index (χ1) is 18.5. The number of anilines is 1. The highest BCUT2D eigenvalue weighted by molar-refractivity contribution is 6.23. The molecule has 2 amide bonds. The van der Waals surface area contributed by atoms with E-state index in [1.807, 2.05) is 18.2 Å². The average Bonchev–Trinajstić information content (AvgIpc) is 3.63. The summed E-state index contributed by atoms with van der Waals surface area (Å²) in [5.74, 6) is -0.810. The van der Waals surface area contributed by atoms with E-state index >= 15 is 0 Å². The van der Waals surface area contributed by atoms with E-state index in [2.05, 4.69) is 12.1 Å². The Kier molecular flexibility index (Phi) is 6.06. The lowest BCUT2D eigenvalue weighted by molar-refractivity contribution is -0.123. The molecule has 6 rings (SSSR count). The number of ketones is 1. The molecule has 3 aliphatic rings. The first-order valence-corrected chi connectivity index (χ1v) is 12.8. The lowest BCUT2D eigenvalue weighted by Crippen LogP contribution is -2.33. The molecule has 0 radical (unpaired) electrons. The van der Waals surface area contributed by atoms with Gasteiger partial charge in [0.1, 0.15) is 5.75 Å². The van der Waals surface area contributed by atoms with Crippen LogP contribution in [0.2, 0.25) is 0 Å². The summed E-state index contributed by atoms with van der Waals surface area (Å²) in [6.07, 6.45) is 1.81. The SMILES string of the molecule is COc1ccc(C(=O)COC(=O)c2cccc(N3C(=O)[C@@H]4[C@H]5C[C@@H]([C@@H]4C3=O)[C@@H](c3ccccc3)C5)c2)cc1. The lowest BCUT2D eigenvalue weighted by Gasteiger charge is -2.28. The number of amides is 2. The van der Waals surface area contributed by atoms with E-state index in [9.17, 15) is 19.2 Å². The molecule has 7 nitrogen and oxygen atoms in total. The number of hydrogen-bond donors (Lipinski definition) is 0. The highest BCUT2D eigenvalue weighted by Gasteiger charge is 2.64. The molecular formula is C31H27NO6. The van der Waals surface area contributed by atoms with Gasteiger partial charge < -0.3 is 9.47 Å². The van der Waals surface area contributed by atoms with Crippen LogP contribution in [0.25, 0.3) is 0 Å². The third-order valence-electron chi connectivity index (χ3n) is 8.33. The molecule has 2 aliphatic carbocycles. The topological polar surface area (TPSA) is 90.0 Å². The first-order valence-electron chi connectivity index (χ1n) is 12.8. The van der Waals surface area contributed by atoms with E-state index < -0.39 is 12.6 Å². The highest BCUT2D eigenvalue weighted by Crippen LogP contribution is 2.61. The van der Waals surface area contributed by atoms with Crippen LogP contribution in [0.3, 0.4) is 0 Å². The van der Waals surface area contributed by atoms with Crippen molar-refractivity contribution < 1.29 is 28.7 Å². The van der Waals surface area contributed by atoms with Gasteiger partial charge in [0.2, 0.25) is 11.8 Å². The van der Waals surface area contributed by atoms with Gasteiger partial charge in [-0.15, -0.1) is 0 Å². The molecule has 2 saturated carbocycles. The van der Waals surface area contributed by atoms with Crippen LogP contribution in [0.4, 0.5) is 5.69 Å². The molecule has 2 bridgehead atoms. The second-order valence-corrected chi connectivity index (χ2v) is 10.3. The average molecular weight is 510 g/mol. The van der Waals surface area contributed by atoms with Crippen molar-refractivity contribution in [2.75, 3.05) is 18.6 Å². The fourth-order valence-electron chi connectivity index (χ4n) is 6.64. The van der Waals surface area contributed by atoms with Crippen LogP contribution < -0.4 is 9.64 Å². The van der Waals surface area contributed by atoms with Crippen LogP contribution in [-0.2, 0) is 14.3 Å². The number of rotatable bonds is 7. The van der Waals surface area contributed by atoms with Crippen molar-refractivity contribution in [1.29, 1.82) is 0 Å². The summed E-state index contributed by atoms with van der Waals surface area (Å²) in [4.78, 5) is 53.5. The summed E-state index contributed by atoms with van der Waals surface area (Å²) in [5, 5.41) is 0. The minimum atomic E-state index is -0.697. The Morgan fingerprint density at radius 3 is 2.32 bits per heavy atom. The fraction of sp³-hybridized carbons (Fsp3) is 0.290. The molecule has 0 spiro atoms. The van der Waals surface area contributed by atoms with Crippen LogP contribution in [0.1, 0.15) is 45.0 Å². The van der Waals surface area contributed by atoms with Crippen molar-refractivity contribution in [2.45, 2.75) is 18.8 Å². The summed E-state index contributed by atoms with van der Waals surface area (Å²) in [6, 6.07) is 23.1. The molecule has 3 aromatic rings. The molecule has 0 aromatic heterocycles. The zero-order valence-electron chi connectivity index (χ0n) is 20.9. The Labute approximate surface area is 220 Å². The van der Waals surface area contributed by atoms with Gasteiger partial charge in [0.05, 0.1) is 30.2 Å². The highest BCUT2D eigenvalue weighted by atomic mass is 16.5. The fourth-order valence-corrected chi connectivity index (χ4v) is 6.64.